The second kappa shape index (κ2) is 12.0. The molecule has 0 spiro atoms. The van der Waals surface area contributed by atoms with E-state index in [4.69, 9.17) is 0 Å². The van der Waals surface area contributed by atoms with E-state index in [9.17, 15) is 0 Å². The zero-order valence-corrected chi connectivity index (χ0v) is 20.0. The molecule has 1 aliphatic heterocycles. The number of nitrogens with one attached hydrogen (secondary N) is 2. The molecule has 2 heterocycles. The number of likely N-dealkylation sites (tertiary alicyclic amines) is 1. The summed E-state index contributed by atoms with van der Waals surface area (Å²) in [6.45, 7) is 3.91. The maximum Gasteiger partial charge on any atom is 0.191 e. The van der Waals surface area contributed by atoms with Gasteiger partial charge in [-0.15, -0.1) is 24.0 Å². The summed E-state index contributed by atoms with van der Waals surface area (Å²) < 4.78 is 0. The Morgan fingerprint density at radius 2 is 1.83 bits per heavy atom. The van der Waals surface area contributed by atoms with Gasteiger partial charge in [0.05, 0.1) is 12.2 Å². The topological polar surface area (TPSA) is 55.8 Å². The van der Waals surface area contributed by atoms with E-state index in [1.165, 1.54) is 5.56 Å². The van der Waals surface area contributed by atoms with Crippen molar-refractivity contribution < 1.29 is 0 Å². The molecule has 2 N–H and O–H groups in total. The number of guanidine groups is 1. The fourth-order valence-electron chi connectivity index (χ4n) is 3.45. The smallest absolute Gasteiger partial charge is 0.191 e. The van der Waals surface area contributed by atoms with Gasteiger partial charge >= 0.3 is 0 Å². The molecular weight excluding hydrogens is 475 g/mol. The van der Waals surface area contributed by atoms with Crippen molar-refractivity contribution in [3.8, 4) is 0 Å². The van der Waals surface area contributed by atoms with Crippen molar-refractivity contribution in [2.75, 3.05) is 39.1 Å². The standard InChI is InChI=1S/C22H32N6.HI/c1-23-22(24-16-20-10-7-11-21(25-20)27(2)3)26-19-12-14-28(15-13-19)17-18-8-5-4-6-9-18;/h4-11,19H,12-17H2,1-3H3,(H2,23,24,26);1H. The summed E-state index contributed by atoms with van der Waals surface area (Å²) >= 11 is 0. The van der Waals surface area contributed by atoms with Gasteiger partial charge in [0.25, 0.3) is 0 Å². The van der Waals surface area contributed by atoms with Gasteiger partial charge in [-0.05, 0) is 30.5 Å². The molecule has 1 saturated heterocycles. The average molecular weight is 508 g/mol. The fourth-order valence-corrected chi connectivity index (χ4v) is 3.45. The van der Waals surface area contributed by atoms with Crippen molar-refractivity contribution in [3.63, 3.8) is 0 Å². The summed E-state index contributed by atoms with van der Waals surface area (Å²) in [6, 6.07) is 17.3. The monoisotopic (exact) mass is 508 g/mol. The number of benzene rings is 1. The van der Waals surface area contributed by atoms with Crippen LogP contribution in [-0.4, -0.2) is 56.1 Å². The van der Waals surface area contributed by atoms with Crippen LogP contribution in [-0.2, 0) is 13.1 Å². The summed E-state index contributed by atoms with van der Waals surface area (Å²) in [7, 11) is 5.83. The number of hydrogen-bond acceptors (Lipinski definition) is 4. The molecule has 29 heavy (non-hydrogen) atoms. The number of hydrogen-bond donors (Lipinski definition) is 2. The first-order chi connectivity index (χ1) is 13.6. The van der Waals surface area contributed by atoms with Crippen LogP contribution in [0.2, 0.25) is 0 Å². The van der Waals surface area contributed by atoms with Gasteiger partial charge < -0.3 is 15.5 Å². The van der Waals surface area contributed by atoms with Crippen LogP contribution in [0.25, 0.3) is 0 Å². The minimum Gasteiger partial charge on any atom is -0.363 e. The van der Waals surface area contributed by atoms with Crippen LogP contribution in [0.15, 0.2) is 53.5 Å². The van der Waals surface area contributed by atoms with E-state index in [2.05, 4.69) is 55.8 Å². The highest BCUT2D eigenvalue weighted by Gasteiger charge is 2.20. The van der Waals surface area contributed by atoms with Crippen LogP contribution in [0.4, 0.5) is 5.82 Å². The zero-order valence-electron chi connectivity index (χ0n) is 17.6. The predicted octanol–water partition coefficient (Wildman–Crippen LogP) is 3.10. The van der Waals surface area contributed by atoms with Crippen molar-refractivity contribution in [2.45, 2.75) is 32.0 Å². The molecule has 158 valence electrons. The summed E-state index contributed by atoms with van der Waals surface area (Å²) in [5, 5.41) is 6.97. The Kier molecular flexibility index (Phi) is 9.66. The molecule has 0 amide bonds. The fraction of sp³-hybridized carbons (Fsp3) is 0.455. The van der Waals surface area contributed by atoms with E-state index in [-0.39, 0.29) is 24.0 Å². The maximum absolute atomic E-state index is 4.65. The Labute approximate surface area is 191 Å². The third-order valence-corrected chi connectivity index (χ3v) is 5.09. The normalized spacial score (nSPS) is 15.5. The Bertz CT molecular complexity index is 757. The van der Waals surface area contributed by atoms with Gasteiger partial charge in [-0.25, -0.2) is 4.98 Å². The molecular formula is C22H33IN6. The molecule has 1 aliphatic rings. The van der Waals surface area contributed by atoms with E-state index < -0.39 is 0 Å². The first-order valence-corrected chi connectivity index (χ1v) is 10.0. The number of aliphatic imine (C=N–C) groups is 1. The average Bonchev–Trinajstić information content (AvgIpc) is 2.73. The number of aromatic nitrogens is 1. The van der Waals surface area contributed by atoms with E-state index in [0.29, 0.717) is 12.6 Å². The molecule has 3 rings (SSSR count). The lowest BCUT2D eigenvalue weighted by molar-refractivity contribution is 0.198. The molecule has 6 nitrogen and oxygen atoms in total. The van der Waals surface area contributed by atoms with Gasteiger partial charge in [-0.3, -0.25) is 9.89 Å². The van der Waals surface area contributed by atoms with Gasteiger partial charge in [0.1, 0.15) is 5.82 Å². The van der Waals surface area contributed by atoms with Crippen LogP contribution < -0.4 is 15.5 Å². The van der Waals surface area contributed by atoms with E-state index in [1.807, 2.05) is 44.2 Å². The summed E-state index contributed by atoms with van der Waals surface area (Å²) in [6.07, 6.45) is 2.25. The Morgan fingerprint density at radius 1 is 1.10 bits per heavy atom. The number of pyridine rings is 1. The molecule has 0 saturated carbocycles. The lowest BCUT2D eigenvalue weighted by Crippen LogP contribution is -2.48. The highest BCUT2D eigenvalue weighted by Crippen LogP contribution is 2.14. The van der Waals surface area contributed by atoms with Crippen molar-refractivity contribution >= 4 is 35.8 Å². The molecule has 2 aromatic rings. The number of nitrogens with zero attached hydrogens (tertiary/aromatic N) is 4. The molecule has 1 aromatic carbocycles. The first kappa shape index (κ1) is 23.4. The first-order valence-electron chi connectivity index (χ1n) is 10.0. The van der Waals surface area contributed by atoms with Crippen LogP contribution in [0.3, 0.4) is 0 Å². The molecule has 0 atom stereocenters. The Morgan fingerprint density at radius 3 is 2.48 bits per heavy atom. The second-order valence-corrected chi connectivity index (χ2v) is 7.49. The summed E-state index contributed by atoms with van der Waals surface area (Å²) in [4.78, 5) is 13.6. The van der Waals surface area contributed by atoms with Gasteiger partial charge in [-0.1, -0.05) is 36.4 Å². The van der Waals surface area contributed by atoms with Crippen LogP contribution in [0.5, 0.6) is 0 Å². The van der Waals surface area contributed by atoms with E-state index >= 15 is 0 Å². The van der Waals surface area contributed by atoms with Crippen molar-refractivity contribution in [1.29, 1.82) is 0 Å². The minimum atomic E-state index is 0. The van der Waals surface area contributed by atoms with Gasteiger partial charge in [-0.2, -0.15) is 0 Å². The number of anilines is 1. The van der Waals surface area contributed by atoms with Gasteiger partial charge in [0.2, 0.25) is 0 Å². The highest BCUT2D eigenvalue weighted by atomic mass is 127. The third kappa shape index (κ3) is 7.47. The maximum atomic E-state index is 4.65. The predicted molar refractivity (Wildman–Crippen MR) is 132 cm³/mol. The van der Waals surface area contributed by atoms with Crippen molar-refractivity contribution in [1.82, 2.24) is 20.5 Å². The van der Waals surface area contributed by atoms with Crippen molar-refractivity contribution in [2.24, 2.45) is 4.99 Å². The summed E-state index contributed by atoms with van der Waals surface area (Å²) in [5.41, 5.74) is 2.39. The third-order valence-electron chi connectivity index (χ3n) is 5.09. The van der Waals surface area contributed by atoms with E-state index in [1.54, 1.807) is 0 Å². The largest absolute Gasteiger partial charge is 0.363 e. The van der Waals surface area contributed by atoms with Crippen LogP contribution in [0, 0.1) is 0 Å². The SMILES string of the molecule is CN=C(NCc1cccc(N(C)C)n1)NC1CCN(Cc2ccccc2)CC1.I. The van der Waals surface area contributed by atoms with Crippen molar-refractivity contribution in [3.05, 3.63) is 59.8 Å². The van der Waals surface area contributed by atoms with Crippen LogP contribution >= 0.6 is 24.0 Å². The van der Waals surface area contributed by atoms with Gasteiger partial charge in [0.15, 0.2) is 5.96 Å². The highest BCUT2D eigenvalue weighted by molar-refractivity contribution is 14.0. The lowest BCUT2D eigenvalue weighted by Gasteiger charge is -2.33. The van der Waals surface area contributed by atoms with E-state index in [0.717, 1.165) is 49.9 Å². The zero-order chi connectivity index (χ0) is 19.8. The molecule has 1 fully saturated rings. The quantitative estimate of drug-likeness (QED) is 0.357. The van der Waals surface area contributed by atoms with Gasteiger partial charge in [0, 0.05) is 46.8 Å². The Hall–Kier alpha value is -1.87. The summed E-state index contributed by atoms with van der Waals surface area (Å²) in [5.74, 6) is 1.81. The molecule has 7 heteroatoms. The molecule has 0 radical (unpaired) electrons. The number of rotatable bonds is 6. The minimum absolute atomic E-state index is 0. The molecule has 0 bridgehead atoms. The molecule has 0 aliphatic carbocycles. The lowest BCUT2D eigenvalue weighted by atomic mass is 10.0. The Balaban J connectivity index is 0.00000300. The van der Waals surface area contributed by atoms with Crippen LogP contribution in [0.1, 0.15) is 24.1 Å². The molecule has 0 unspecified atom stereocenters. The number of halogens is 1. The number of piperidine rings is 1. The second-order valence-electron chi connectivity index (χ2n) is 7.49. The molecule has 1 aromatic heterocycles.